The molecule has 0 N–H and O–H groups in total. The third-order valence-electron chi connectivity index (χ3n) is 2.48. The van der Waals surface area contributed by atoms with Crippen molar-refractivity contribution < 1.29 is 0 Å². The lowest BCUT2D eigenvalue weighted by atomic mass is 9.82. The molecule has 0 radical (unpaired) electrons. The summed E-state index contributed by atoms with van der Waals surface area (Å²) in [7, 11) is 0. The van der Waals surface area contributed by atoms with Crippen molar-refractivity contribution >= 4 is 0 Å². The Morgan fingerprint density at radius 1 is 1.42 bits per heavy atom. The molecule has 0 heterocycles. The van der Waals surface area contributed by atoms with Gasteiger partial charge in [-0.2, -0.15) is 0 Å². The van der Waals surface area contributed by atoms with E-state index in [-0.39, 0.29) is 0 Å². The van der Waals surface area contributed by atoms with Crippen LogP contribution in [0.25, 0.3) is 0 Å². The van der Waals surface area contributed by atoms with Gasteiger partial charge in [-0.1, -0.05) is 53.0 Å². The van der Waals surface area contributed by atoms with Gasteiger partial charge in [0.2, 0.25) is 0 Å². The molecule has 0 fully saturated rings. The Labute approximate surface area is 78.1 Å². The number of hydrogen-bond acceptors (Lipinski definition) is 0. The van der Waals surface area contributed by atoms with Crippen LogP contribution in [0.2, 0.25) is 0 Å². The minimum Gasteiger partial charge on any atom is -0.103 e. The molecular formula is C12H24. The highest BCUT2D eigenvalue weighted by Crippen LogP contribution is 2.28. The van der Waals surface area contributed by atoms with Crippen LogP contribution in [0.15, 0.2) is 12.7 Å². The summed E-state index contributed by atoms with van der Waals surface area (Å²) in [6.45, 7) is 13.0. The zero-order valence-electron chi connectivity index (χ0n) is 9.19. The highest BCUT2D eigenvalue weighted by molar-refractivity contribution is 4.88. The summed E-state index contributed by atoms with van der Waals surface area (Å²) in [6.07, 6.45) is 7.41. The minimum atomic E-state index is 0.327. The lowest BCUT2D eigenvalue weighted by Crippen LogP contribution is -2.12. The van der Waals surface area contributed by atoms with Gasteiger partial charge in [-0.15, -0.1) is 6.58 Å². The first-order chi connectivity index (χ1) is 5.52. The van der Waals surface area contributed by atoms with Gasteiger partial charge in [-0.25, -0.2) is 0 Å². The van der Waals surface area contributed by atoms with Gasteiger partial charge < -0.3 is 0 Å². The molecule has 0 saturated carbocycles. The van der Waals surface area contributed by atoms with Crippen molar-refractivity contribution in [3.05, 3.63) is 12.7 Å². The van der Waals surface area contributed by atoms with Crippen molar-refractivity contribution in [2.24, 2.45) is 11.3 Å². The molecule has 0 saturated heterocycles. The van der Waals surface area contributed by atoms with E-state index in [2.05, 4.69) is 40.3 Å². The average molecular weight is 168 g/mol. The van der Waals surface area contributed by atoms with Gasteiger partial charge in [-0.3, -0.25) is 0 Å². The molecule has 0 aromatic heterocycles. The number of hydrogen-bond donors (Lipinski definition) is 0. The van der Waals surface area contributed by atoms with E-state index in [1.165, 1.54) is 25.7 Å². The van der Waals surface area contributed by atoms with E-state index >= 15 is 0 Å². The molecule has 0 aliphatic rings. The fourth-order valence-corrected chi connectivity index (χ4v) is 1.64. The summed E-state index contributed by atoms with van der Waals surface area (Å²) in [6, 6.07) is 0. The summed E-state index contributed by atoms with van der Waals surface area (Å²) < 4.78 is 0. The van der Waals surface area contributed by atoms with E-state index in [0.717, 1.165) is 5.92 Å². The molecule has 0 aromatic rings. The highest BCUT2D eigenvalue weighted by Gasteiger charge is 2.16. The zero-order valence-corrected chi connectivity index (χ0v) is 9.19. The van der Waals surface area contributed by atoms with E-state index in [1.807, 2.05) is 0 Å². The molecule has 1 atom stereocenters. The predicted octanol–water partition coefficient (Wildman–Crippen LogP) is 4.42. The molecule has 0 bridgehead atoms. The SMILES string of the molecule is C=CC(C)(C)CC(C)CCCC. The summed E-state index contributed by atoms with van der Waals surface area (Å²) in [4.78, 5) is 0. The van der Waals surface area contributed by atoms with Crippen LogP contribution in [0.3, 0.4) is 0 Å². The highest BCUT2D eigenvalue weighted by atomic mass is 14.2. The van der Waals surface area contributed by atoms with Gasteiger partial charge >= 0.3 is 0 Å². The molecule has 0 nitrogen and oxygen atoms in total. The number of rotatable bonds is 6. The van der Waals surface area contributed by atoms with Crippen molar-refractivity contribution in [2.75, 3.05) is 0 Å². The molecule has 0 amide bonds. The zero-order chi connectivity index (χ0) is 9.61. The van der Waals surface area contributed by atoms with E-state index < -0.39 is 0 Å². The molecule has 12 heavy (non-hydrogen) atoms. The van der Waals surface area contributed by atoms with Crippen molar-refractivity contribution in [1.82, 2.24) is 0 Å². The first kappa shape index (κ1) is 11.7. The smallest absolute Gasteiger partial charge is 0.0175 e. The molecule has 0 rings (SSSR count). The van der Waals surface area contributed by atoms with E-state index in [4.69, 9.17) is 0 Å². The molecule has 0 aliphatic heterocycles. The summed E-state index contributed by atoms with van der Waals surface area (Å²) in [5.41, 5.74) is 0.327. The Morgan fingerprint density at radius 3 is 2.42 bits per heavy atom. The van der Waals surface area contributed by atoms with Gasteiger partial charge in [0.1, 0.15) is 0 Å². The van der Waals surface area contributed by atoms with Crippen molar-refractivity contribution in [3.63, 3.8) is 0 Å². The van der Waals surface area contributed by atoms with Gasteiger partial charge in [0.25, 0.3) is 0 Å². The fraction of sp³-hybridized carbons (Fsp3) is 0.833. The predicted molar refractivity (Wildman–Crippen MR) is 57.3 cm³/mol. The molecular weight excluding hydrogens is 144 g/mol. The summed E-state index contributed by atoms with van der Waals surface area (Å²) in [5.74, 6) is 0.845. The normalized spacial score (nSPS) is 14.3. The number of allylic oxidation sites excluding steroid dienone is 1. The van der Waals surface area contributed by atoms with Crippen molar-refractivity contribution in [1.29, 1.82) is 0 Å². The Morgan fingerprint density at radius 2 is 2.00 bits per heavy atom. The third-order valence-corrected chi connectivity index (χ3v) is 2.48. The van der Waals surface area contributed by atoms with E-state index in [1.54, 1.807) is 0 Å². The lowest BCUT2D eigenvalue weighted by molar-refractivity contribution is 0.330. The first-order valence-corrected chi connectivity index (χ1v) is 5.15. The maximum Gasteiger partial charge on any atom is -0.0175 e. The van der Waals surface area contributed by atoms with Crippen LogP contribution in [0.1, 0.15) is 53.4 Å². The van der Waals surface area contributed by atoms with Crippen LogP contribution in [-0.2, 0) is 0 Å². The molecule has 0 spiro atoms. The second kappa shape index (κ2) is 5.40. The molecule has 1 unspecified atom stereocenters. The summed E-state index contributed by atoms with van der Waals surface area (Å²) in [5, 5.41) is 0. The Hall–Kier alpha value is -0.260. The fourth-order valence-electron chi connectivity index (χ4n) is 1.64. The van der Waals surface area contributed by atoms with Gasteiger partial charge in [0, 0.05) is 0 Å². The van der Waals surface area contributed by atoms with E-state index in [0.29, 0.717) is 5.41 Å². The summed E-state index contributed by atoms with van der Waals surface area (Å²) >= 11 is 0. The van der Waals surface area contributed by atoms with Crippen LogP contribution < -0.4 is 0 Å². The van der Waals surface area contributed by atoms with Crippen LogP contribution >= 0.6 is 0 Å². The topological polar surface area (TPSA) is 0 Å². The van der Waals surface area contributed by atoms with Crippen molar-refractivity contribution in [3.8, 4) is 0 Å². The Kier molecular flexibility index (Phi) is 5.28. The maximum absolute atomic E-state index is 3.87. The Balaban J connectivity index is 3.67. The molecule has 0 heteroatoms. The second-order valence-electron chi connectivity index (χ2n) is 4.64. The monoisotopic (exact) mass is 168 g/mol. The molecule has 0 aliphatic carbocycles. The quantitative estimate of drug-likeness (QED) is 0.515. The Bertz CT molecular complexity index is 122. The largest absolute Gasteiger partial charge is 0.103 e. The van der Waals surface area contributed by atoms with Gasteiger partial charge in [0.05, 0.1) is 0 Å². The third kappa shape index (κ3) is 5.40. The second-order valence-corrected chi connectivity index (χ2v) is 4.64. The molecule has 72 valence electrons. The van der Waals surface area contributed by atoms with Crippen LogP contribution in [-0.4, -0.2) is 0 Å². The van der Waals surface area contributed by atoms with Gasteiger partial charge in [-0.05, 0) is 17.8 Å². The van der Waals surface area contributed by atoms with Crippen LogP contribution in [0, 0.1) is 11.3 Å². The van der Waals surface area contributed by atoms with Gasteiger partial charge in [0.15, 0.2) is 0 Å². The maximum atomic E-state index is 3.87. The standard InChI is InChI=1S/C12H24/c1-6-8-9-11(3)10-12(4,5)7-2/h7,11H,2,6,8-10H2,1,3-5H3. The lowest BCUT2D eigenvalue weighted by Gasteiger charge is -2.24. The molecule has 0 aromatic carbocycles. The average Bonchev–Trinajstić information content (AvgIpc) is 2.00. The van der Waals surface area contributed by atoms with E-state index in [9.17, 15) is 0 Å². The number of unbranched alkanes of at least 4 members (excludes halogenated alkanes) is 1. The first-order valence-electron chi connectivity index (χ1n) is 5.15. The van der Waals surface area contributed by atoms with Crippen molar-refractivity contribution in [2.45, 2.75) is 53.4 Å². The van der Waals surface area contributed by atoms with Crippen LogP contribution in [0.5, 0.6) is 0 Å². The minimum absolute atomic E-state index is 0.327. The van der Waals surface area contributed by atoms with Crippen LogP contribution in [0.4, 0.5) is 0 Å².